The average Bonchev–Trinajstić information content (AvgIpc) is 2.43. The molecule has 0 atom stereocenters. The van der Waals surface area contributed by atoms with Crippen LogP contribution in [0.3, 0.4) is 0 Å². The van der Waals surface area contributed by atoms with Gasteiger partial charge in [0.05, 0.1) is 13.0 Å². The number of Topliss-reactive ketones (excluding diaryl/α,β-unsaturated/α-hetero) is 1. The molecular weight excluding hydrogens is 194 g/mol. The van der Waals surface area contributed by atoms with Gasteiger partial charge in [0.25, 0.3) is 0 Å². The van der Waals surface area contributed by atoms with E-state index in [0.717, 1.165) is 5.56 Å². The lowest BCUT2D eigenvalue weighted by atomic mass is 10.2. The molecule has 0 saturated carbocycles. The predicted octanol–water partition coefficient (Wildman–Crippen LogP) is 1.01. The molecule has 1 aliphatic rings. The lowest BCUT2D eigenvalue weighted by Crippen LogP contribution is -2.24. The van der Waals surface area contributed by atoms with Crippen LogP contribution in [0.25, 0.3) is 0 Å². The van der Waals surface area contributed by atoms with Crippen LogP contribution in [0.2, 0.25) is 0 Å². The molecule has 1 amide bonds. The lowest BCUT2D eigenvalue weighted by molar-refractivity contribution is -0.121. The van der Waals surface area contributed by atoms with E-state index >= 15 is 0 Å². The monoisotopic (exact) mass is 205 g/mol. The summed E-state index contributed by atoms with van der Waals surface area (Å²) in [6.07, 6.45) is -0.0330. The average molecular weight is 205 g/mol. The molecule has 4 nitrogen and oxygen atoms in total. The molecule has 0 bridgehead atoms. The first-order chi connectivity index (χ1) is 7.06. The molecule has 1 aromatic carbocycles. The van der Waals surface area contributed by atoms with Crippen LogP contribution in [0.5, 0.6) is 5.75 Å². The van der Waals surface area contributed by atoms with Crippen LogP contribution >= 0.6 is 0 Å². The quantitative estimate of drug-likeness (QED) is 0.696. The van der Waals surface area contributed by atoms with E-state index in [1.807, 2.05) is 6.92 Å². The van der Waals surface area contributed by atoms with E-state index in [4.69, 9.17) is 0 Å². The molecule has 0 aliphatic carbocycles. The van der Waals surface area contributed by atoms with Gasteiger partial charge in [0, 0.05) is 11.8 Å². The van der Waals surface area contributed by atoms with E-state index in [1.165, 1.54) is 11.0 Å². The normalized spacial score (nSPS) is 16.2. The largest absolute Gasteiger partial charge is 0.508 e. The smallest absolute Gasteiger partial charge is 0.234 e. The van der Waals surface area contributed by atoms with E-state index in [-0.39, 0.29) is 30.4 Å². The summed E-state index contributed by atoms with van der Waals surface area (Å²) in [6.45, 7) is 1.94. The molecule has 0 unspecified atom stereocenters. The summed E-state index contributed by atoms with van der Waals surface area (Å²) in [5, 5.41) is 9.38. The molecule has 0 spiro atoms. The van der Waals surface area contributed by atoms with Crippen LogP contribution in [0.1, 0.15) is 12.0 Å². The van der Waals surface area contributed by atoms with E-state index in [9.17, 15) is 14.7 Å². The number of benzene rings is 1. The van der Waals surface area contributed by atoms with Gasteiger partial charge in [-0.3, -0.25) is 9.59 Å². The highest BCUT2D eigenvalue weighted by Gasteiger charge is 2.28. The van der Waals surface area contributed by atoms with Crippen LogP contribution in [0.15, 0.2) is 18.2 Å². The van der Waals surface area contributed by atoms with Crippen molar-refractivity contribution in [1.82, 2.24) is 0 Å². The van der Waals surface area contributed by atoms with Gasteiger partial charge in [0.2, 0.25) is 5.91 Å². The third-order valence-corrected chi connectivity index (χ3v) is 2.34. The number of nitrogens with zero attached hydrogens (tertiary/aromatic N) is 1. The first-order valence-electron chi connectivity index (χ1n) is 4.69. The van der Waals surface area contributed by atoms with Crippen LogP contribution in [0.4, 0.5) is 5.69 Å². The Morgan fingerprint density at radius 3 is 2.53 bits per heavy atom. The number of hydrogen-bond acceptors (Lipinski definition) is 3. The summed E-state index contributed by atoms with van der Waals surface area (Å²) in [6, 6.07) is 4.87. The second kappa shape index (κ2) is 3.38. The number of phenolic OH excluding ortho intramolecular Hbond substituents is 1. The van der Waals surface area contributed by atoms with Crippen molar-refractivity contribution in [2.24, 2.45) is 0 Å². The topological polar surface area (TPSA) is 57.6 Å². The number of aryl methyl sites for hydroxylation is 1. The number of rotatable bonds is 1. The zero-order valence-corrected chi connectivity index (χ0v) is 8.36. The highest BCUT2D eigenvalue weighted by molar-refractivity contribution is 6.15. The first kappa shape index (κ1) is 9.71. The van der Waals surface area contributed by atoms with Crippen molar-refractivity contribution in [3.8, 4) is 5.75 Å². The number of amides is 1. The molecule has 2 rings (SSSR count). The summed E-state index contributed by atoms with van der Waals surface area (Å²) in [5.74, 6) is -0.178. The van der Waals surface area contributed by atoms with Gasteiger partial charge in [-0.2, -0.15) is 0 Å². The minimum atomic E-state index is -0.204. The first-order valence-corrected chi connectivity index (χ1v) is 4.69. The summed E-state index contributed by atoms with van der Waals surface area (Å²) in [4.78, 5) is 23.9. The van der Waals surface area contributed by atoms with Gasteiger partial charge >= 0.3 is 0 Å². The Morgan fingerprint density at radius 2 is 2.00 bits per heavy atom. The van der Waals surface area contributed by atoms with E-state index in [1.54, 1.807) is 12.1 Å². The number of carbonyl (C=O) groups excluding carboxylic acids is 2. The molecule has 4 heteroatoms. The minimum Gasteiger partial charge on any atom is -0.508 e. The molecule has 1 fully saturated rings. The summed E-state index contributed by atoms with van der Waals surface area (Å²) in [7, 11) is 0. The van der Waals surface area contributed by atoms with Gasteiger partial charge in [0.15, 0.2) is 5.78 Å². The zero-order chi connectivity index (χ0) is 11.0. The molecule has 1 aromatic rings. The Morgan fingerprint density at radius 1 is 1.27 bits per heavy atom. The van der Waals surface area contributed by atoms with E-state index in [2.05, 4.69) is 0 Å². The maximum atomic E-state index is 11.4. The Kier molecular flexibility index (Phi) is 2.19. The maximum absolute atomic E-state index is 11.4. The minimum absolute atomic E-state index is 0.0330. The number of hydrogen-bond donors (Lipinski definition) is 1. The van der Waals surface area contributed by atoms with E-state index in [0.29, 0.717) is 5.69 Å². The fourth-order valence-corrected chi connectivity index (χ4v) is 1.72. The summed E-state index contributed by atoms with van der Waals surface area (Å²) < 4.78 is 0. The molecule has 1 N–H and O–H groups in total. The highest BCUT2D eigenvalue weighted by atomic mass is 16.3. The molecule has 78 valence electrons. The highest BCUT2D eigenvalue weighted by Crippen LogP contribution is 2.25. The molecular formula is C11H11NO3. The fourth-order valence-electron chi connectivity index (χ4n) is 1.72. The lowest BCUT2D eigenvalue weighted by Gasteiger charge is -2.15. The fraction of sp³-hybridized carbons (Fsp3) is 0.273. The number of aromatic hydroxyl groups is 1. The zero-order valence-electron chi connectivity index (χ0n) is 8.36. The van der Waals surface area contributed by atoms with Crippen LogP contribution < -0.4 is 4.90 Å². The van der Waals surface area contributed by atoms with Gasteiger partial charge in [-0.1, -0.05) is 0 Å². The van der Waals surface area contributed by atoms with Crippen molar-refractivity contribution >= 4 is 17.4 Å². The SMILES string of the molecule is Cc1cc(O)cc(N2CC(=O)CC2=O)c1. The van der Waals surface area contributed by atoms with E-state index < -0.39 is 0 Å². The molecule has 1 heterocycles. The number of anilines is 1. The number of phenols is 1. The second-order valence-electron chi connectivity index (χ2n) is 3.72. The number of ketones is 1. The molecule has 1 saturated heterocycles. The van der Waals surface area contributed by atoms with Gasteiger partial charge < -0.3 is 10.0 Å². The van der Waals surface area contributed by atoms with Crippen LogP contribution in [-0.2, 0) is 9.59 Å². The Bertz CT molecular complexity index is 419. The maximum Gasteiger partial charge on any atom is 0.234 e. The molecule has 0 aromatic heterocycles. The van der Waals surface area contributed by atoms with Crippen LogP contribution in [-0.4, -0.2) is 23.3 Å². The third-order valence-electron chi connectivity index (χ3n) is 2.34. The van der Waals surface area contributed by atoms with Crippen molar-refractivity contribution in [2.75, 3.05) is 11.4 Å². The Labute approximate surface area is 87.1 Å². The Balaban J connectivity index is 2.37. The van der Waals surface area contributed by atoms with Crippen molar-refractivity contribution in [2.45, 2.75) is 13.3 Å². The Hall–Kier alpha value is -1.84. The van der Waals surface area contributed by atoms with Crippen LogP contribution in [0, 0.1) is 6.92 Å². The molecule has 0 radical (unpaired) electrons. The van der Waals surface area contributed by atoms with Gasteiger partial charge in [-0.25, -0.2) is 0 Å². The summed E-state index contributed by atoms with van der Waals surface area (Å²) in [5.41, 5.74) is 1.44. The van der Waals surface area contributed by atoms with Crippen molar-refractivity contribution < 1.29 is 14.7 Å². The third kappa shape index (κ3) is 1.83. The predicted molar refractivity (Wildman–Crippen MR) is 54.8 cm³/mol. The van der Waals surface area contributed by atoms with Crippen molar-refractivity contribution in [3.63, 3.8) is 0 Å². The van der Waals surface area contributed by atoms with Gasteiger partial charge in [-0.05, 0) is 24.6 Å². The second-order valence-corrected chi connectivity index (χ2v) is 3.72. The molecule has 1 aliphatic heterocycles. The number of carbonyl (C=O) groups is 2. The van der Waals surface area contributed by atoms with Crippen molar-refractivity contribution in [3.05, 3.63) is 23.8 Å². The van der Waals surface area contributed by atoms with Crippen molar-refractivity contribution in [1.29, 1.82) is 0 Å². The standard InChI is InChI=1S/C11H11NO3/c1-7-2-8(4-9(13)3-7)12-6-10(14)5-11(12)15/h2-4,13H,5-6H2,1H3. The summed E-state index contributed by atoms with van der Waals surface area (Å²) >= 11 is 0. The van der Waals surface area contributed by atoms with Gasteiger partial charge in [-0.15, -0.1) is 0 Å². The molecule has 15 heavy (non-hydrogen) atoms. The van der Waals surface area contributed by atoms with Gasteiger partial charge in [0.1, 0.15) is 5.75 Å².